The molecule has 3 N–H and O–H groups in total. The lowest BCUT2D eigenvalue weighted by atomic mass is 9.48. The number of fused-ring (bicyclic) bond motifs is 5. The molecule has 0 aromatic carbocycles. The third-order valence-electron chi connectivity index (χ3n) is 10.7. The van der Waals surface area contributed by atoms with Crippen molar-refractivity contribution < 1.29 is 9.84 Å². The largest absolute Gasteiger partial charge is 0.387 e. The van der Waals surface area contributed by atoms with Gasteiger partial charge in [0.15, 0.2) is 0 Å². The highest BCUT2D eigenvalue weighted by Gasteiger charge is 2.58. The van der Waals surface area contributed by atoms with E-state index in [4.69, 9.17) is 10.5 Å². The van der Waals surface area contributed by atoms with Crippen LogP contribution < -0.4 is 5.73 Å². The van der Waals surface area contributed by atoms with E-state index in [-0.39, 0.29) is 6.04 Å². The van der Waals surface area contributed by atoms with Gasteiger partial charge < -0.3 is 15.6 Å². The van der Waals surface area contributed by atoms with Crippen LogP contribution in [-0.2, 0) is 4.74 Å². The monoisotopic (exact) mass is 454 g/mol. The smallest absolute Gasteiger partial charge is 0.140 e. The molecule has 0 aliphatic heterocycles. The maximum atomic E-state index is 11.1. The highest BCUT2D eigenvalue weighted by molar-refractivity contribution is 5.47. The number of rotatable bonds is 5. The zero-order valence-corrected chi connectivity index (χ0v) is 20.7. The summed E-state index contributed by atoms with van der Waals surface area (Å²) in [6, 6.07) is 2.39. The van der Waals surface area contributed by atoms with Crippen molar-refractivity contribution in [3.05, 3.63) is 11.8 Å². The first kappa shape index (κ1) is 23.2. The summed E-state index contributed by atoms with van der Waals surface area (Å²) in [4.78, 5) is 0. The number of hydrogen-bond acceptors (Lipinski definition) is 5. The SMILES string of the molecule is CCOC[C@@]1(O)CC[C@H]2[C@H](CC[C@@H]3[C@@H]2CC[C@]2(C)[C@@H](C(C)n4ncc(C#N)c4N)CC[C@@H]32)C1. The lowest BCUT2D eigenvalue weighted by molar-refractivity contribution is -0.129. The number of anilines is 1. The Hall–Kier alpha value is -1.58. The number of ether oxygens (including phenoxy) is 1. The Morgan fingerprint density at radius 2 is 2.00 bits per heavy atom. The molecular weight excluding hydrogens is 412 g/mol. The van der Waals surface area contributed by atoms with E-state index < -0.39 is 5.60 Å². The number of hydrogen-bond donors (Lipinski definition) is 2. The van der Waals surface area contributed by atoms with Crippen molar-refractivity contribution in [2.24, 2.45) is 40.9 Å². The molecular formula is C27H42N4O2. The van der Waals surface area contributed by atoms with Gasteiger partial charge in [-0.1, -0.05) is 6.92 Å². The molecule has 0 radical (unpaired) electrons. The normalized spacial score (nSPS) is 43.2. The van der Waals surface area contributed by atoms with E-state index in [9.17, 15) is 10.4 Å². The number of nitrogen functional groups attached to an aromatic ring is 1. The fourth-order valence-corrected chi connectivity index (χ4v) is 9.17. The fourth-order valence-electron chi connectivity index (χ4n) is 9.17. The van der Waals surface area contributed by atoms with Crippen LogP contribution in [0.1, 0.15) is 90.2 Å². The van der Waals surface area contributed by atoms with Crippen LogP contribution in [0.5, 0.6) is 0 Å². The standard InChI is InChI=1S/C27H42N4O2/c1-4-33-16-27(32)12-10-20-18(13-27)5-6-22-21(20)9-11-26(3)23(7-8-24(22)26)17(2)31-25(29)19(14-28)15-30-31/h15,17-18,20-24,32H,4-13,16,29H2,1-3H3/t17?,18-,20+,21-,22-,23-,24+,26-,27-/m1/s1. The van der Waals surface area contributed by atoms with Crippen molar-refractivity contribution in [3.63, 3.8) is 0 Å². The molecule has 0 saturated heterocycles. The Labute approximate surface area is 198 Å². The third kappa shape index (κ3) is 3.71. The third-order valence-corrected chi connectivity index (χ3v) is 10.7. The van der Waals surface area contributed by atoms with Crippen molar-refractivity contribution in [2.45, 2.75) is 90.2 Å². The zero-order valence-electron chi connectivity index (χ0n) is 20.7. The second-order valence-electron chi connectivity index (χ2n) is 12.0. The number of nitrogens with two attached hydrogens (primary N) is 1. The van der Waals surface area contributed by atoms with Crippen LogP contribution in [0.3, 0.4) is 0 Å². The average molecular weight is 455 g/mol. The Bertz CT molecular complexity index is 908. The van der Waals surface area contributed by atoms with E-state index in [1.807, 2.05) is 11.6 Å². The van der Waals surface area contributed by atoms with Gasteiger partial charge in [-0.05, 0) is 113 Å². The first-order valence-electron chi connectivity index (χ1n) is 13.3. The van der Waals surface area contributed by atoms with Crippen molar-refractivity contribution in [1.29, 1.82) is 5.26 Å². The summed E-state index contributed by atoms with van der Waals surface area (Å²) in [7, 11) is 0. The number of aliphatic hydroxyl groups is 1. The lowest BCUT2D eigenvalue weighted by Crippen LogP contribution is -2.52. The summed E-state index contributed by atoms with van der Waals surface area (Å²) >= 11 is 0. The predicted molar refractivity (Wildman–Crippen MR) is 128 cm³/mol. The minimum atomic E-state index is -0.604. The lowest BCUT2D eigenvalue weighted by Gasteiger charge is -2.57. The molecule has 182 valence electrons. The summed E-state index contributed by atoms with van der Waals surface area (Å²) in [6.45, 7) is 8.00. The number of nitrogens with zero attached hydrogens (tertiary/aromatic N) is 3. The Morgan fingerprint density at radius 3 is 2.73 bits per heavy atom. The van der Waals surface area contributed by atoms with Gasteiger partial charge in [0.2, 0.25) is 0 Å². The van der Waals surface area contributed by atoms with Crippen LogP contribution in [0, 0.1) is 52.3 Å². The molecule has 5 rings (SSSR count). The zero-order chi connectivity index (χ0) is 23.4. The molecule has 4 fully saturated rings. The van der Waals surface area contributed by atoms with Crippen LogP contribution in [0.25, 0.3) is 0 Å². The van der Waals surface area contributed by atoms with Crippen molar-refractivity contribution in [2.75, 3.05) is 18.9 Å². The maximum absolute atomic E-state index is 11.1. The molecule has 4 aliphatic rings. The molecule has 1 heterocycles. The Kier molecular flexibility index (Phi) is 6.02. The van der Waals surface area contributed by atoms with E-state index >= 15 is 0 Å². The van der Waals surface area contributed by atoms with Crippen molar-refractivity contribution >= 4 is 5.82 Å². The molecule has 4 aliphatic carbocycles. The predicted octanol–water partition coefficient (Wildman–Crippen LogP) is 4.93. The summed E-state index contributed by atoms with van der Waals surface area (Å²) in [6.07, 6.45) is 12.4. The summed E-state index contributed by atoms with van der Waals surface area (Å²) in [5.74, 6) is 4.95. The Morgan fingerprint density at radius 1 is 1.21 bits per heavy atom. The van der Waals surface area contributed by atoms with Crippen LogP contribution in [-0.4, -0.2) is 33.7 Å². The van der Waals surface area contributed by atoms with Gasteiger partial charge in [0.25, 0.3) is 0 Å². The van der Waals surface area contributed by atoms with Crippen LogP contribution in [0.15, 0.2) is 6.20 Å². The number of nitriles is 1. The molecule has 4 saturated carbocycles. The van der Waals surface area contributed by atoms with Crippen LogP contribution in [0.2, 0.25) is 0 Å². The molecule has 0 bridgehead atoms. The van der Waals surface area contributed by atoms with E-state index in [0.717, 1.165) is 36.5 Å². The molecule has 6 nitrogen and oxygen atoms in total. The minimum absolute atomic E-state index is 0.221. The molecule has 9 atom stereocenters. The summed E-state index contributed by atoms with van der Waals surface area (Å²) in [5, 5.41) is 24.9. The Balaban J connectivity index is 1.31. The van der Waals surface area contributed by atoms with Crippen molar-refractivity contribution in [1.82, 2.24) is 9.78 Å². The molecule has 1 aromatic rings. The van der Waals surface area contributed by atoms with Gasteiger partial charge in [-0.25, -0.2) is 4.68 Å². The molecule has 1 unspecified atom stereocenters. The average Bonchev–Trinajstić information content (AvgIpc) is 3.36. The van der Waals surface area contributed by atoms with Gasteiger partial charge in [-0.3, -0.25) is 0 Å². The first-order chi connectivity index (χ1) is 15.8. The van der Waals surface area contributed by atoms with Gasteiger partial charge in [-0.2, -0.15) is 10.4 Å². The quantitative estimate of drug-likeness (QED) is 0.657. The van der Waals surface area contributed by atoms with Gasteiger partial charge in [0, 0.05) is 6.61 Å². The second kappa shape index (κ2) is 8.57. The first-order valence-corrected chi connectivity index (χ1v) is 13.3. The molecule has 33 heavy (non-hydrogen) atoms. The summed E-state index contributed by atoms with van der Waals surface area (Å²) in [5.41, 5.74) is 6.48. The van der Waals surface area contributed by atoms with Crippen LogP contribution in [0.4, 0.5) is 5.82 Å². The van der Waals surface area contributed by atoms with E-state index in [2.05, 4.69) is 25.0 Å². The second-order valence-corrected chi connectivity index (χ2v) is 12.0. The topological polar surface area (TPSA) is 97.1 Å². The van der Waals surface area contributed by atoms with E-state index in [0.29, 0.717) is 41.8 Å². The van der Waals surface area contributed by atoms with Crippen LogP contribution >= 0.6 is 0 Å². The van der Waals surface area contributed by atoms with Gasteiger partial charge in [0.1, 0.15) is 17.5 Å². The highest BCUT2D eigenvalue weighted by atomic mass is 16.5. The van der Waals surface area contributed by atoms with E-state index in [1.165, 1.54) is 44.9 Å². The molecule has 0 amide bonds. The number of aromatic nitrogens is 2. The molecule has 0 spiro atoms. The van der Waals surface area contributed by atoms with E-state index in [1.54, 1.807) is 6.20 Å². The highest BCUT2D eigenvalue weighted by Crippen LogP contribution is 2.66. The maximum Gasteiger partial charge on any atom is 0.140 e. The van der Waals surface area contributed by atoms with Gasteiger partial charge >= 0.3 is 0 Å². The molecule has 1 aromatic heterocycles. The minimum Gasteiger partial charge on any atom is -0.387 e. The molecule has 6 heteroatoms. The van der Waals surface area contributed by atoms with Crippen molar-refractivity contribution in [3.8, 4) is 6.07 Å². The van der Waals surface area contributed by atoms with Gasteiger partial charge in [-0.15, -0.1) is 0 Å². The van der Waals surface area contributed by atoms with Gasteiger partial charge in [0.05, 0.1) is 24.4 Å². The summed E-state index contributed by atoms with van der Waals surface area (Å²) < 4.78 is 7.55. The fraction of sp³-hybridized carbons (Fsp3) is 0.852.